The Labute approximate surface area is 190 Å². The van der Waals surface area contributed by atoms with E-state index in [2.05, 4.69) is 35.9 Å². The lowest BCUT2D eigenvalue weighted by Crippen LogP contribution is -2.41. The molecule has 2 heterocycles. The summed E-state index contributed by atoms with van der Waals surface area (Å²) in [6, 6.07) is 17.9. The molecule has 2 aromatic carbocycles. The maximum Gasteiger partial charge on any atom is 0.266 e. The zero-order valence-electron chi connectivity index (χ0n) is 19.0. The van der Waals surface area contributed by atoms with Gasteiger partial charge in [0.1, 0.15) is 5.75 Å². The van der Waals surface area contributed by atoms with E-state index in [1.165, 1.54) is 9.80 Å². The van der Waals surface area contributed by atoms with Gasteiger partial charge >= 0.3 is 0 Å². The number of nitrogens with two attached hydrogens (primary N) is 1. The van der Waals surface area contributed by atoms with E-state index in [1.54, 1.807) is 26.6 Å². The van der Waals surface area contributed by atoms with Gasteiger partial charge in [-0.3, -0.25) is 14.7 Å². The van der Waals surface area contributed by atoms with Gasteiger partial charge < -0.3 is 10.5 Å². The van der Waals surface area contributed by atoms with Crippen molar-refractivity contribution in [1.82, 2.24) is 9.88 Å². The maximum absolute atomic E-state index is 13.6. The van der Waals surface area contributed by atoms with Crippen LogP contribution in [0.25, 0.3) is 11.1 Å². The number of guanidine groups is 1. The molecule has 1 aliphatic rings. The lowest BCUT2D eigenvalue weighted by atomic mass is 9.82. The number of benzene rings is 2. The highest BCUT2D eigenvalue weighted by molar-refractivity contribution is 8.32. The van der Waals surface area contributed by atoms with Crippen LogP contribution < -0.4 is 10.5 Å². The third-order valence-corrected chi connectivity index (χ3v) is 7.47. The number of methoxy groups -OCH3 is 1. The van der Waals surface area contributed by atoms with Gasteiger partial charge in [0.25, 0.3) is 5.91 Å². The van der Waals surface area contributed by atoms with E-state index in [9.17, 15) is 4.79 Å². The van der Waals surface area contributed by atoms with Crippen LogP contribution in [0.2, 0.25) is 0 Å². The lowest BCUT2D eigenvalue weighted by Gasteiger charge is -2.29. The molecular weight excluding hydrogens is 420 g/mol. The summed E-state index contributed by atoms with van der Waals surface area (Å²) in [7, 11) is 2.38. The van der Waals surface area contributed by atoms with Gasteiger partial charge in [-0.25, -0.2) is 15.0 Å². The van der Waals surface area contributed by atoms with E-state index < -0.39 is 15.6 Å². The molecule has 0 aliphatic carbocycles. The van der Waals surface area contributed by atoms with Crippen molar-refractivity contribution in [2.45, 2.75) is 10.4 Å². The Morgan fingerprint density at radius 1 is 0.969 bits per heavy atom. The van der Waals surface area contributed by atoms with Gasteiger partial charge in [-0.05, 0) is 64.6 Å². The summed E-state index contributed by atoms with van der Waals surface area (Å²) >= 11 is 0. The number of hydrogen-bond donors (Lipinski definition) is 1. The minimum absolute atomic E-state index is 0.174. The highest BCUT2D eigenvalue weighted by Crippen LogP contribution is 2.47. The van der Waals surface area contributed by atoms with Crippen LogP contribution in [-0.4, -0.2) is 54.7 Å². The molecule has 166 valence electrons. The summed E-state index contributed by atoms with van der Waals surface area (Å²) in [4.78, 5) is 25.2. The first-order valence-corrected chi connectivity index (χ1v) is 13.0. The minimum Gasteiger partial charge on any atom is -0.495 e. The molecule has 1 aromatic heterocycles. The van der Waals surface area contributed by atoms with E-state index in [1.807, 2.05) is 42.5 Å². The number of aromatic nitrogens is 1. The normalized spacial score (nSPS) is 19.1. The maximum atomic E-state index is 13.6. The Balaban J connectivity index is 1.89. The third-order valence-electron chi connectivity index (χ3n) is 5.78. The summed E-state index contributed by atoms with van der Waals surface area (Å²) in [5.41, 5.74) is 8.27. The zero-order valence-corrected chi connectivity index (χ0v) is 19.8. The van der Waals surface area contributed by atoms with Gasteiger partial charge in [-0.2, -0.15) is 0 Å². The van der Waals surface area contributed by atoms with Crippen molar-refractivity contribution in [3.63, 3.8) is 0 Å². The van der Waals surface area contributed by atoms with Crippen molar-refractivity contribution in [3.8, 4) is 16.9 Å². The molecule has 1 unspecified atom stereocenters. The van der Waals surface area contributed by atoms with Crippen molar-refractivity contribution < 1.29 is 9.53 Å². The predicted octanol–water partition coefficient (Wildman–Crippen LogP) is 3.84. The molecule has 6 nitrogen and oxygen atoms in total. The van der Waals surface area contributed by atoms with Crippen molar-refractivity contribution in [1.29, 1.82) is 0 Å². The number of amides is 1. The van der Waals surface area contributed by atoms with Gasteiger partial charge in [0.15, 0.2) is 11.5 Å². The number of pyridine rings is 1. The number of rotatable bonds is 5. The summed E-state index contributed by atoms with van der Waals surface area (Å²) in [5, 5.41) is 0. The first-order valence-electron chi connectivity index (χ1n) is 10.2. The minimum atomic E-state index is -1.23. The molecule has 1 atom stereocenters. The Hall–Kier alpha value is -3.32. The number of carbonyl (C=O) groups is 1. The summed E-state index contributed by atoms with van der Waals surface area (Å²) in [6.45, 7) is 0. The Morgan fingerprint density at radius 3 is 2.28 bits per heavy atom. The Morgan fingerprint density at radius 2 is 1.69 bits per heavy atom. The highest BCUT2D eigenvalue weighted by Gasteiger charge is 2.49. The smallest absolute Gasteiger partial charge is 0.266 e. The lowest BCUT2D eigenvalue weighted by molar-refractivity contribution is -0.129. The predicted molar refractivity (Wildman–Crippen MR) is 131 cm³/mol. The monoisotopic (exact) mass is 448 g/mol. The van der Waals surface area contributed by atoms with Crippen LogP contribution in [0.5, 0.6) is 5.75 Å². The van der Waals surface area contributed by atoms with Crippen molar-refractivity contribution in [2.24, 2.45) is 10.7 Å². The number of ether oxygens (including phenoxy) is 1. The molecule has 7 heteroatoms. The van der Waals surface area contributed by atoms with E-state index in [0.717, 1.165) is 22.3 Å². The van der Waals surface area contributed by atoms with Crippen LogP contribution in [0.1, 0.15) is 11.1 Å². The van der Waals surface area contributed by atoms with E-state index in [0.29, 0.717) is 5.75 Å². The average Bonchev–Trinajstić information content (AvgIpc) is 3.03. The molecule has 2 N–H and O–H groups in total. The SMILES string of the molecule is COc1cncc(-c2cccc(C3(c4ccc(S(C)(C)C)cc4)N=C(N)N(C)C3=O)c2)c1. The fraction of sp³-hybridized carbons (Fsp3) is 0.240. The first kappa shape index (κ1) is 21.9. The Kier molecular flexibility index (Phi) is 5.46. The molecular formula is C25H28N4O2S. The first-order chi connectivity index (χ1) is 15.2. The van der Waals surface area contributed by atoms with Gasteiger partial charge in [0.2, 0.25) is 0 Å². The molecule has 1 amide bonds. The highest BCUT2D eigenvalue weighted by atomic mass is 32.3. The van der Waals surface area contributed by atoms with Gasteiger partial charge in [-0.15, -0.1) is 0 Å². The van der Waals surface area contributed by atoms with E-state index in [4.69, 9.17) is 15.5 Å². The van der Waals surface area contributed by atoms with E-state index in [-0.39, 0.29) is 11.9 Å². The third kappa shape index (κ3) is 3.62. The molecule has 0 spiro atoms. The molecule has 0 fully saturated rings. The molecule has 1 aliphatic heterocycles. The number of nitrogens with zero attached hydrogens (tertiary/aromatic N) is 3. The molecule has 32 heavy (non-hydrogen) atoms. The average molecular weight is 449 g/mol. The van der Waals surface area contributed by atoms with Crippen LogP contribution in [0.4, 0.5) is 0 Å². The second-order valence-corrected chi connectivity index (χ2v) is 12.7. The molecule has 4 rings (SSSR count). The van der Waals surface area contributed by atoms with Crippen LogP contribution in [0, 0.1) is 0 Å². The number of aliphatic imine (C=N–C) groups is 1. The number of hydrogen-bond acceptors (Lipinski definition) is 5. The number of likely N-dealkylation sites (N-methyl/N-ethyl adjacent to an activating group) is 1. The molecule has 0 radical (unpaired) electrons. The van der Waals surface area contributed by atoms with Gasteiger partial charge in [-0.1, -0.05) is 30.3 Å². The fourth-order valence-electron chi connectivity index (χ4n) is 3.90. The second kappa shape index (κ2) is 7.98. The van der Waals surface area contributed by atoms with Crippen LogP contribution >= 0.6 is 10.0 Å². The summed E-state index contributed by atoms with van der Waals surface area (Å²) < 4.78 is 5.32. The van der Waals surface area contributed by atoms with Crippen molar-refractivity contribution in [3.05, 3.63) is 78.1 Å². The van der Waals surface area contributed by atoms with Gasteiger partial charge in [0.05, 0.1) is 13.3 Å². The second-order valence-electron chi connectivity index (χ2n) is 8.60. The topological polar surface area (TPSA) is 80.8 Å². The van der Waals surface area contributed by atoms with Crippen LogP contribution in [-0.2, 0) is 10.3 Å². The van der Waals surface area contributed by atoms with E-state index >= 15 is 0 Å². The molecule has 0 saturated carbocycles. The standard InChI is InChI=1S/C25H28N4O2S/c1-29-23(30)25(28-24(29)26,19-9-11-22(12-10-19)32(3,4)5)20-8-6-7-17(13-20)18-14-21(31-2)16-27-15-18/h6-16H,1-5H3,(H2,26,28). The number of carbonyl (C=O) groups excluding carboxylic acids is 1. The molecule has 3 aromatic rings. The zero-order chi connectivity index (χ0) is 23.1. The van der Waals surface area contributed by atoms with Gasteiger partial charge in [0, 0.05) is 18.8 Å². The molecule has 0 bridgehead atoms. The van der Waals surface area contributed by atoms with Crippen molar-refractivity contribution >= 4 is 21.9 Å². The summed E-state index contributed by atoms with van der Waals surface area (Å²) in [5.74, 6) is 0.697. The molecule has 0 saturated heterocycles. The fourth-order valence-corrected chi connectivity index (χ4v) is 4.85. The quantitative estimate of drug-likeness (QED) is 0.643. The van der Waals surface area contributed by atoms with Crippen LogP contribution in [0.3, 0.4) is 0 Å². The Bertz CT molecular complexity index is 1200. The van der Waals surface area contributed by atoms with Crippen molar-refractivity contribution in [2.75, 3.05) is 32.9 Å². The largest absolute Gasteiger partial charge is 0.495 e. The van der Waals surface area contributed by atoms with Crippen LogP contribution in [0.15, 0.2) is 76.9 Å². The summed E-state index contributed by atoms with van der Waals surface area (Å²) in [6.07, 6.45) is 10.2.